The highest BCUT2D eigenvalue weighted by Crippen LogP contribution is 2.09. The molecule has 2 amide bonds. The third kappa shape index (κ3) is 7.90. The van der Waals surface area contributed by atoms with E-state index in [0.717, 1.165) is 5.56 Å². The second kappa shape index (κ2) is 12.1. The van der Waals surface area contributed by atoms with Gasteiger partial charge >= 0.3 is 5.97 Å². The maximum absolute atomic E-state index is 12.6. The van der Waals surface area contributed by atoms with Crippen molar-refractivity contribution in [2.45, 2.75) is 25.7 Å². The minimum Gasteiger partial charge on any atom is -0.465 e. The number of ether oxygens (including phenoxy) is 1. The van der Waals surface area contributed by atoms with Gasteiger partial charge in [-0.3, -0.25) is 9.59 Å². The standard InChI is InChI=1S/C25H26N2O4/c1-27(2)23(28)16-9-5-8-11-19-14-10-15-21(17-19)24(29)26-22(25(30)31-3)18-20-12-6-4-7-13-20/h4,6-7,10,12-15,17H,5,9,16,18H2,1-3H3/b26-22+. The summed E-state index contributed by atoms with van der Waals surface area (Å²) < 4.78 is 4.78. The maximum Gasteiger partial charge on any atom is 0.352 e. The number of carbonyl (C=O) groups excluding carboxylic acids is 3. The second-order valence-electron chi connectivity index (χ2n) is 7.04. The van der Waals surface area contributed by atoms with Crippen molar-refractivity contribution in [1.82, 2.24) is 4.90 Å². The minimum absolute atomic E-state index is 0.0424. The molecule has 0 saturated carbocycles. The molecule has 0 aliphatic heterocycles. The summed E-state index contributed by atoms with van der Waals surface area (Å²) in [5, 5.41) is 0. The summed E-state index contributed by atoms with van der Waals surface area (Å²) in [7, 11) is 4.71. The normalized spacial score (nSPS) is 10.6. The van der Waals surface area contributed by atoms with Crippen LogP contribution in [0.1, 0.15) is 40.7 Å². The van der Waals surface area contributed by atoms with Crippen LogP contribution in [0.25, 0.3) is 0 Å². The highest BCUT2D eigenvalue weighted by molar-refractivity contribution is 6.39. The first kappa shape index (κ1) is 23.6. The lowest BCUT2D eigenvalue weighted by atomic mass is 10.1. The molecule has 0 bridgehead atoms. The van der Waals surface area contributed by atoms with E-state index in [9.17, 15) is 14.4 Å². The SMILES string of the molecule is COC(=O)/C(Cc1ccccc1)=N/C(=O)c1cccc(C#CCCCC(=O)N(C)C)c1. The number of carbonyl (C=O) groups is 3. The number of amides is 2. The Morgan fingerprint density at radius 1 is 1.03 bits per heavy atom. The Hall–Kier alpha value is -3.72. The molecule has 2 aromatic carbocycles. The van der Waals surface area contributed by atoms with Crippen molar-refractivity contribution >= 4 is 23.5 Å². The number of esters is 1. The Labute approximate surface area is 182 Å². The van der Waals surface area contributed by atoms with Gasteiger partial charge in [0.1, 0.15) is 5.71 Å². The molecule has 0 aliphatic rings. The summed E-state index contributed by atoms with van der Waals surface area (Å²) in [5.74, 6) is 4.93. The van der Waals surface area contributed by atoms with Crippen LogP contribution in [-0.2, 0) is 20.7 Å². The van der Waals surface area contributed by atoms with Gasteiger partial charge in [0.05, 0.1) is 7.11 Å². The molecule has 0 aliphatic carbocycles. The van der Waals surface area contributed by atoms with E-state index in [-0.39, 0.29) is 18.0 Å². The summed E-state index contributed by atoms with van der Waals surface area (Å²) >= 11 is 0. The van der Waals surface area contributed by atoms with Gasteiger partial charge in [-0.05, 0) is 30.2 Å². The molecule has 6 heteroatoms. The molecule has 0 saturated heterocycles. The Balaban J connectivity index is 2.09. The van der Waals surface area contributed by atoms with E-state index in [4.69, 9.17) is 4.74 Å². The first-order valence-electron chi connectivity index (χ1n) is 9.94. The fourth-order valence-electron chi connectivity index (χ4n) is 2.70. The predicted molar refractivity (Wildman–Crippen MR) is 120 cm³/mol. The van der Waals surface area contributed by atoms with Crippen LogP contribution in [0.15, 0.2) is 59.6 Å². The van der Waals surface area contributed by atoms with Crippen LogP contribution in [0.4, 0.5) is 0 Å². The van der Waals surface area contributed by atoms with E-state index in [1.807, 2.05) is 30.3 Å². The van der Waals surface area contributed by atoms with Gasteiger partial charge in [0.25, 0.3) is 5.91 Å². The topological polar surface area (TPSA) is 76.0 Å². The molecule has 0 unspecified atom stereocenters. The van der Waals surface area contributed by atoms with Gasteiger partial charge in [-0.15, -0.1) is 0 Å². The highest BCUT2D eigenvalue weighted by Gasteiger charge is 2.16. The van der Waals surface area contributed by atoms with E-state index in [0.29, 0.717) is 30.4 Å². The number of benzene rings is 2. The van der Waals surface area contributed by atoms with Crippen LogP contribution in [0.5, 0.6) is 0 Å². The van der Waals surface area contributed by atoms with Crippen molar-refractivity contribution in [2.75, 3.05) is 21.2 Å². The summed E-state index contributed by atoms with van der Waals surface area (Å²) in [5.41, 5.74) is 1.90. The van der Waals surface area contributed by atoms with Gasteiger partial charge in [0, 0.05) is 44.5 Å². The van der Waals surface area contributed by atoms with E-state index in [1.54, 1.807) is 43.3 Å². The predicted octanol–water partition coefficient (Wildman–Crippen LogP) is 3.29. The molecule has 6 nitrogen and oxygen atoms in total. The Bertz CT molecular complexity index is 1010. The molecule has 0 spiro atoms. The molecule has 0 radical (unpaired) electrons. The quantitative estimate of drug-likeness (QED) is 0.299. The molecular weight excluding hydrogens is 392 g/mol. The van der Waals surface area contributed by atoms with E-state index in [2.05, 4.69) is 16.8 Å². The largest absolute Gasteiger partial charge is 0.465 e. The Morgan fingerprint density at radius 2 is 1.77 bits per heavy atom. The molecule has 160 valence electrons. The van der Waals surface area contributed by atoms with Crippen molar-refractivity contribution in [3.8, 4) is 11.8 Å². The first-order valence-corrected chi connectivity index (χ1v) is 9.94. The lowest BCUT2D eigenvalue weighted by molar-refractivity contribution is -0.133. The third-order valence-corrected chi connectivity index (χ3v) is 4.41. The maximum atomic E-state index is 12.6. The zero-order valence-electron chi connectivity index (χ0n) is 18.1. The number of hydrogen-bond donors (Lipinski definition) is 0. The third-order valence-electron chi connectivity index (χ3n) is 4.41. The van der Waals surface area contributed by atoms with Crippen LogP contribution in [0, 0.1) is 11.8 Å². The first-order chi connectivity index (χ1) is 14.9. The van der Waals surface area contributed by atoms with Crippen LogP contribution < -0.4 is 0 Å². The van der Waals surface area contributed by atoms with Crippen molar-refractivity contribution < 1.29 is 19.1 Å². The zero-order chi connectivity index (χ0) is 22.6. The summed E-state index contributed by atoms with van der Waals surface area (Å²) in [6.45, 7) is 0. The van der Waals surface area contributed by atoms with Gasteiger partial charge in [-0.25, -0.2) is 9.79 Å². The number of unbranched alkanes of at least 4 members (excludes halogenated alkanes) is 1. The second-order valence-corrected chi connectivity index (χ2v) is 7.04. The fraction of sp³-hybridized carbons (Fsp3) is 0.280. The Kier molecular flexibility index (Phi) is 9.18. The van der Waals surface area contributed by atoms with Gasteiger partial charge in [0.2, 0.25) is 5.91 Å². The average Bonchev–Trinajstić information content (AvgIpc) is 2.78. The van der Waals surface area contributed by atoms with Gasteiger partial charge < -0.3 is 9.64 Å². The highest BCUT2D eigenvalue weighted by atomic mass is 16.5. The summed E-state index contributed by atoms with van der Waals surface area (Å²) in [4.78, 5) is 41.9. The molecule has 2 rings (SSSR count). The zero-order valence-corrected chi connectivity index (χ0v) is 18.1. The van der Waals surface area contributed by atoms with Crippen LogP contribution >= 0.6 is 0 Å². The van der Waals surface area contributed by atoms with Gasteiger partial charge in [-0.2, -0.15) is 0 Å². The molecule has 2 aromatic rings. The number of hydrogen-bond acceptors (Lipinski definition) is 4. The lowest BCUT2D eigenvalue weighted by Gasteiger charge is -2.08. The van der Waals surface area contributed by atoms with E-state index < -0.39 is 11.9 Å². The van der Waals surface area contributed by atoms with Crippen LogP contribution in [0.2, 0.25) is 0 Å². The molecule has 0 aromatic heterocycles. The minimum atomic E-state index is -0.638. The van der Waals surface area contributed by atoms with E-state index in [1.165, 1.54) is 7.11 Å². The molecule has 0 fully saturated rings. The van der Waals surface area contributed by atoms with Crippen molar-refractivity contribution in [2.24, 2.45) is 4.99 Å². The molecule has 0 heterocycles. The van der Waals surface area contributed by atoms with Gasteiger partial charge in [0.15, 0.2) is 0 Å². The molecule has 0 N–H and O–H groups in total. The van der Waals surface area contributed by atoms with Crippen molar-refractivity contribution in [1.29, 1.82) is 0 Å². The van der Waals surface area contributed by atoms with Crippen molar-refractivity contribution in [3.05, 3.63) is 71.3 Å². The van der Waals surface area contributed by atoms with Crippen LogP contribution in [-0.4, -0.2) is 49.6 Å². The smallest absolute Gasteiger partial charge is 0.352 e. The van der Waals surface area contributed by atoms with Gasteiger partial charge in [-0.1, -0.05) is 48.2 Å². The molecular formula is C25H26N2O4. The average molecular weight is 418 g/mol. The summed E-state index contributed by atoms with van der Waals surface area (Å²) in [6, 6.07) is 16.1. The number of nitrogens with zero attached hydrogens (tertiary/aromatic N) is 2. The number of methoxy groups -OCH3 is 1. The molecule has 31 heavy (non-hydrogen) atoms. The number of aliphatic imine (C=N–C) groups is 1. The lowest BCUT2D eigenvalue weighted by Crippen LogP contribution is -2.20. The summed E-state index contributed by atoms with van der Waals surface area (Å²) in [6.07, 6.45) is 1.91. The molecule has 0 atom stereocenters. The van der Waals surface area contributed by atoms with Crippen LogP contribution in [0.3, 0.4) is 0 Å². The van der Waals surface area contributed by atoms with E-state index >= 15 is 0 Å². The fourth-order valence-corrected chi connectivity index (χ4v) is 2.70. The number of rotatable bonds is 7. The Morgan fingerprint density at radius 3 is 2.45 bits per heavy atom. The monoisotopic (exact) mass is 418 g/mol. The van der Waals surface area contributed by atoms with Crippen molar-refractivity contribution in [3.63, 3.8) is 0 Å².